The van der Waals surface area contributed by atoms with Crippen molar-refractivity contribution in [1.29, 1.82) is 0 Å². The third-order valence-electron chi connectivity index (χ3n) is 2.84. The van der Waals surface area contributed by atoms with Crippen LogP contribution in [0.4, 0.5) is 0 Å². The molecule has 2 aromatic heterocycles. The highest BCUT2D eigenvalue weighted by Gasteiger charge is 2.16. The Morgan fingerprint density at radius 2 is 2.00 bits per heavy atom. The summed E-state index contributed by atoms with van der Waals surface area (Å²) in [6, 6.07) is 8.31. The van der Waals surface area contributed by atoms with Crippen molar-refractivity contribution in [3.05, 3.63) is 46.3 Å². The first-order valence-electron chi connectivity index (χ1n) is 5.94. The van der Waals surface area contributed by atoms with E-state index in [4.69, 9.17) is 8.83 Å². The molecule has 3 aromatic rings. The Kier molecular flexibility index (Phi) is 2.59. The van der Waals surface area contributed by atoms with Gasteiger partial charge in [-0.05, 0) is 19.1 Å². The lowest BCUT2D eigenvalue weighted by atomic mass is 10.2. The highest BCUT2D eigenvalue weighted by molar-refractivity contribution is 5.97. The van der Waals surface area contributed by atoms with Crippen LogP contribution in [0, 0.1) is 0 Å². The molecule has 0 saturated carbocycles. The van der Waals surface area contributed by atoms with Gasteiger partial charge in [0.05, 0.1) is 5.39 Å². The lowest BCUT2D eigenvalue weighted by Gasteiger charge is -1.95. The molecule has 1 amide bonds. The number of hydrogen-bond donors (Lipinski definition) is 1. The Morgan fingerprint density at radius 3 is 2.79 bits per heavy atom. The number of nitrogens with one attached hydrogen (secondary N) is 1. The first-order chi connectivity index (χ1) is 9.20. The molecule has 96 valence electrons. The minimum absolute atomic E-state index is 0.0740. The van der Waals surface area contributed by atoms with Crippen LogP contribution in [0.15, 0.2) is 44.0 Å². The molecule has 1 N–H and O–H groups in total. The van der Waals surface area contributed by atoms with Crippen molar-refractivity contribution < 1.29 is 13.6 Å². The monoisotopic (exact) mass is 257 g/mol. The molecule has 0 radical (unpaired) electrons. The third kappa shape index (κ3) is 1.79. The van der Waals surface area contributed by atoms with E-state index in [1.807, 2.05) is 0 Å². The van der Waals surface area contributed by atoms with E-state index in [0.717, 1.165) is 0 Å². The largest absolute Gasteiger partial charge is 0.425 e. The number of benzene rings is 1. The number of rotatable bonds is 2. The smallest absolute Gasteiger partial charge is 0.302 e. The van der Waals surface area contributed by atoms with Crippen molar-refractivity contribution in [1.82, 2.24) is 5.32 Å². The fourth-order valence-electron chi connectivity index (χ4n) is 1.96. The number of para-hydroxylation sites is 1. The topological polar surface area (TPSA) is 72.5 Å². The summed E-state index contributed by atoms with van der Waals surface area (Å²) in [6.07, 6.45) is 0. The van der Waals surface area contributed by atoms with Gasteiger partial charge in [-0.3, -0.25) is 9.59 Å². The second-order valence-electron chi connectivity index (χ2n) is 4.10. The summed E-state index contributed by atoms with van der Waals surface area (Å²) >= 11 is 0. The van der Waals surface area contributed by atoms with Crippen molar-refractivity contribution in [2.24, 2.45) is 0 Å². The molecule has 0 aliphatic heterocycles. The first-order valence-corrected chi connectivity index (χ1v) is 5.94. The SMILES string of the molecule is CCNC(=O)c1cc2c(=O)c3ccccc3oc2o1. The second kappa shape index (κ2) is 4.28. The molecule has 1 aromatic carbocycles. The maximum atomic E-state index is 12.2. The highest BCUT2D eigenvalue weighted by atomic mass is 16.5. The van der Waals surface area contributed by atoms with Crippen molar-refractivity contribution in [2.45, 2.75) is 6.92 Å². The van der Waals surface area contributed by atoms with Crippen LogP contribution < -0.4 is 10.7 Å². The Labute approximate surface area is 107 Å². The van der Waals surface area contributed by atoms with Crippen LogP contribution in [0.3, 0.4) is 0 Å². The maximum Gasteiger partial charge on any atom is 0.302 e. The number of carbonyl (C=O) groups excluding carboxylic acids is 1. The Hall–Kier alpha value is -2.56. The van der Waals surface area contributed by atoms with E-state index < -0.39 is 0 Å². The van der Waals surface area contributed by atoms with Gasteiger partial charge in [0, 0.05) is 12.6 Å². The van der Waals surface area contributed by atoms with Crippen LogP contribution in [0.5, 0.6) is 0 Å². The fraction of sp³-hybridized carbons (Fsp3) is 0.143. The summed E-state index contributed by atoms with van der Waals surface area (Å²) in [4.78, 5) is 23.9. The van der Waals surface area contributed by atoms with Gasteiger partial charge in [0.2, 0.25) is 5.43 Å². The van der Waals surface area contributed by atoms with Crippen molar-refractivity contribution >= 4 is 28.0 Å². The molecule has 5 nitrogen and oxygen atoms in total. The van der Waals surface area contributed by atoms with E-state index in [1.165, 1.54) is 6.07 Å². The maximum absolute atomic E-state index is 12.2. The van der Waals surface area contributed by atoms with E-state index >= 15 is 0 Å². The molecule has 0 atom stereocenters. The van der Waals surface area contributed by atoms with Gasteiger partial charge in [-0.15, -0.1) is 0 Å². The molecule has 0 saturated heterocycles. The lowest BCUT2D eigenvalue weighted by Crippen LogP contribution is -2.21. The molecule has 0 aliphatic carbocycles. The third-order valence-corrected chi connectivity index (χ3v) is 2.84. The van der Waals surface area contributed by atoms with Gasteiger partial charge in [-0.1, -0.05) is 12.1 Å². The molecular weight excluding hydrogens is 246 g/mol. The zero-order valence-corrected chi connectivity index (χ0v) is 10.2. The number of hydrogen-bond acceptors (Lipinski definition) is 4. The van der Waals surface area contributed by atoms with Crippen LogP contribution in [-0.2, 0) is 0 Å². The van der Waals surface area contributed by atoms with Gasteiger partial charge < -0.3 is 14.2 Å². The van der Waals surface area contributed by atoms with Crippen molar-refractivity contribution in [2.75, 3.05) is 6.54 Å². The standard InChI is InChI=1S/C14H11NO4/c1-2-15-13(17)11-7-9-12(16)8-5-3-4-6-10(8)18-14(9)19-11/h3-7H,2H2,1H3,(H,15,17). The highest BCUT2D eigenvalue weighted by Crippen LogP contribution is 2.21. The molecule has 19 heavy (non-hydrogen) atoms. The van der Waals surface area contributed by atoms with E-state index in [-0.39, 0.29) is 28.3 Å². The summed E-state index contributed by atoms with van der Waals surface area (Å²) in [5.41, 5.74) is 0.243. The summed E-state index contributed by atoms with van der Waals surface area (Å²) in [5.74, 6) is -0.213. The first kappa shape index (κ1) is 11.5. The molecule has 0 aliphatic rings. The Balaban J connectivity index is 2.28. The van der Waals surface area contributed by atoms with Crippen molar-refractivity contribution in [3.8, 4) is 0 Å². The number of furan rings is 1. The van der Waals surface area contributed by atoms with Crippen molar-refractivity contribution in [3.63, 3.8) is 0 Å². The molecule has 0 fully saturated rings. The zero-order valence-electron chi connectivity index (χ0n) is 10.2. The van der Waals surface area contributed by atoms with Gasteiger partial charge in [0.25, 0.3) is 5.91 Å². The summed E-state index contributed by atoms with van der Waals surface area (Å²) in [7, 11) is 0. The average molecular weight is 257 g/mol. The Bertz CT molecular complexity index is 828. The van der Waals surface area contributed by atoms with Gasteiger partial charge in [-0.2, -0.15) is 0 Å². The molecular formula is C14H11NO4. The summed E-state index contributed by atoms with van der Waals surface area (Å²) < 4.78 is 10.8. The number of carbonyl (C=O) groups is 1. The predicted molar refractivity (Wildman–Crippen MR) is 70.3 cm³/mol. The van der Waals surface area contributed by atoms with Crippen LogP contribution in [0.25, 0.3) is 22.1 Å². The van der Waals surface area contributed by atoms with Gasteiger partial charge >= 0.3 is 5.78 Å². The average Bonchev–Trinajstić information content (AvgIpc) is 2.84. The molecule has 0 spiro atoms. The van der Waals surface area contributed by atoms with E-state index in [1.54, 1.807) is 31.2 Å². The molecule has 0 bridgehead atoms. The second-order valence-corrected chi connectivity index (χ2v) is 4.10. The predicted octanol–water partition coefficient (Wildman–Crippen LogP) is 2.29. The minimum Gasteiger partial charge on any atom is -0.425 e. The van der Waals surface area contributed by atoms with Gasteiger partial charge in [0.15, 0.2) is 5.76 Å². The normalized spacial score (nSPS) is 11.0. The van der Waals surface area contributed by atoms with Gasteiger partial charge in [-0.25, -0.2) is 0 Å². The minimum atomic E-state index is -0.364. The molecule has 2 heterocycles. The zero-order chi connectivity index (χ0) is 13.4. The quantitative estimate of drug-likeness (QED) is 0.764. The van der Waals surface area contributed by atoms with Crippen LogP contribution in [-0.4, -0.2) is 12.5 Å². The van der Waals surface area contributed by atoms with Crippen LogP contribution >= 0.6 is 0 Å². The van der Waals surface area contributed by atoms with Crippen LogP contribution in [0.2, 0.25) is 0 Å². The molecule has 0 unspecified atom stereocenters. The van der Waals surface area contributed by atoms with E-state index in [9.17, 15) is 9.59 Å². The number of fused-ring (bicyclic) bond motifs is 2. The number of amides is 1. The molecule has 3 rings (SSSR count). The molecule has 5 heteroatoms. The van der Waals surface area contributed by atoms with E-state index in [2.05, 4.69) is 5.32 Å². The Morgan fingerprint density at radius 1 is 1.21 bits per heavy atom. The van der Waals surface area contributed by atoms with Crippen LogP contribution in [0.1, 0.15) is 17.5 Å². The fourth-order valence-corrected chi connectivity index (χ4v) is 1.96. The van der Waals surface area contributed by atoms with E-state index in [0.29, 0.717) is 17.5 Å². The summed E-state index contributed by atoms with van der Waals surface area (Å²) in [6.45, 7) is 2.29. The van der Waals surface area contributed by atoms with Gasteiger partial charge in [0.1, 0.15) is 11.0 Å². The summed E-state index contributed by atoms with van der Waals surface area (Å²) in [5, 5.41) is 3.36. The lowest BCUT2D eigenvalue weighted by molar-refractivity contribution is 0.0928.